The van der Waals surface area contributed by atoms with Crippen LogP contribution in [0, 0.1) is 5.82 Å². The fourth-order valence-electron chi connectivity index (χ4n) is 2.50. The third-order valence-corrected chi connectivity index (χ3v) is 3.75. The number of halogens is 1. The number of carbonyl (C=O) groups is 2. The minimum Gasteiger partial charge on any atom is -0.365 e. The van der Waals surface area contributed by atoms with Crippen molar-refractivity contribution in [1.29, 1.82) is 0 Å². The second kappa shape index (κ2) is 7.87. The van der Waals surface area contributed by atoms with Crippen molar-refractivity contribution in [2.24, 2.45) is 0 Å². The van der Waals surface area contributed by atoms with Crippen LogP contribution in [0.5, 0.6) is 0 Å². The summed E-state index contributed by atoms with van der Waals surface area (Å²) in [6, 6.07) is 3.97. The van der Waals surface area contributed by atoms with Crippen molar-refractivity contribution in [2.75, 3.05) is 10.6 Å². The van der Waals surface area contributed by atoms with Crippen LogP contribution in [-0.2, 0) is 14.3 Å². The number of nitrogens with one attached hydrogen (secondary N) is 2. The summed E-state index contributed by atoms with van der Waals surface area (Å²) < 4.78 is 19.4. The molecular formula is C17H21FN2O3. The molecule has 1 fully saturated rings. The molecule has 6 heteroatoms. The van der Waals surface area contributed by atoms with Crippen LogP contribution in [0.25, 0.3) is 0 Å². The van der Waals surface area contributed by atoms with Gasteiger partial charge in [0.15, 0.2) is 0 Å². The average Bonchev–Trinajstić information content (AvgIpc) is 3.03. The summed E-state index contributed by atoms with van der Waals surface area (Å²) in [5.74, 6) is -1.41. The Balaban J connectivity index is 1.98. The highest BCUT2D eigenvalue weighted by Crippen LogP contribution is 2.23. The fourth-order valence-corrected chi connectivity index (χ4v) is 2.50. The van der Waals surface area contributed by atoms with Crippen molar-refractivity contribution >= 4 is 23.2 Å². The Labute approximate surface area is 134 Å². The first kappa shape index (κ1) is 17.1. The number of rotatable bonds is 6. The summed E-state index contributed by atoms with van der Waals surface area (Å²) in [5, 5.41) is 5.01. The molecule has 0 bridgehead atoms. The maximum absolute atomic E-state index is 13.6. The van der Waals surface area contributed by atoms with Gasteiger partial charge >= 0.3 is 0 Å². The molecule has 1 saturated carbocycles. The number of anilines is 2. The molecular weight excluding hydrogens is 299 g/mol. The van der Waals surface area contributed by atoms with Crippen molar-refractivity contribution in [2.45, 2.75) is 44.8 Å². The molecule has 0 radical (unpaired) electrons. The number of ether oxygens (including phenoxy) is 1. The first-order chi connectivity index (χ1) is 11.0. The number of hydrogen-bond acceptors (Lipinski definition) is 3. The first-order valence-electron chi connectivity index (χ1n) is 7.69. The molecule has 124 valence electrons. The largest absolute Gasteiger partial charge is 0.365 e. The van der Waals surface area contributed by atoms with Gasteiger partial charge in [-0.1, -0.05) is 19.4 Å². The monoisotopic (exact) mass is 320 g/mol. The number of benzene rings is 1. The number of carbonyl (C=O) groups excluding carboxylic acids is 2. The summed E-state index contributed by atoms with van der Waals surface area (Å²) in [6.45, 7) is 5.00. The normalized spacial score (nSPS) is 15.9. The Morgan fingerprint density at radius 1 is 1.35 bits per heavy atom. The van der Waals surface area contributed by atoms with Gasteiger partial charge in [0.05, 0.1) is 11.8 Å². The number of hydrogen-bond donors (Lipinski definition) is 2. The summed E-state index contributed by atoms with van der Waals surface area (Å²) in [7, 11) is 0. The molecule has 0 saturated heterocycles. The van der Waals surface area contributed by atoms with Crippen LogP contribution in [0.3, 0.4) is 0 Å². The van der Waals surface area contributed by atoms with Crippen molar-refractivity contribution in [1.82, 2.24) is 0 Å². The first-order valence-corrected chi connectivity index (χ1v) is 7.69. The fraction of sp³-hybridized carbons (Fsp3) is 0.412. The molecule has 1 atom stereocenters. The van der Waals surface area contributed by atoms with E-state index in [1.54, 1.807) is 6.92 Å². The zero-order chi connectivity index (χ0) is 16.8. The van der Waals surface area contributed by atoms with Gasteiger partial charge in [-0.3, -0.25) is 9.59 Å². The van der Waals surface area contributed by atoms with Crippen molar-refractivity contribution in [3.63, 3.8) is 0 Å². The van der Waals surface area contributed by atoms with Crippen LogP contribution in [0.2, 0.25) is 0 Å². The molecule has 2 N–H and O–H groups in total. The van der Waals surface area contributed by atoms with Crippen LogP contribution < -0.4 is 10.6 Å². The lowest BCUT2D eigenvalue weighted by Crippen LogP contribution is -2.30. The lowest BCUT2D eigenvalue weighted by Gasteiger charge is -2.18. The molecule has 1 aliphatic rings. The van der Waals surface area contributed by atoms with Crippen molar-refractivity contribution in [3.05, 3.63) is 36.7 Å². The van der Waals surface area contributed by atoms with E-state index in [0.29, 0.717) is 5.69 Å². The van der Waals surface area contributed by atoms with Gasteiger partial charge in [0, 0.05) is 5.69 Å². The molecule has 1 aliphatic carbocycles. The second-order valence-corrected chi connectivity index (χ2v) is 5.56. The van der Waals surface area contributed by atoms with Gasteiger partial charge in [0.25, 0.3) is 5.91 Å². The Hall–Kier alpha value is -2.21. The minimum absolute atomic E-state index is 0.0166. The number of amides is 2. The van der Waals surface area contributed by atoms with Crippen LogP contribution in [-0.4, -0.2) is 24.0 Å². The van der Waals surface area contributed by atoms with Gasteiger partial charge in [0.1, 0.15) is 11.9 Å². The third-order valence-electron chi connectivity index (χ3n) is 3.75. The van der Waals surface area contributed by atoms with E-state index in [1.807, 2.05) is 0 Å². The van der Waals surface area contributed by atoms with Gasteiger partial charge < -0.3 is 15.4 Å². The molecule has 1 aromatic rings. The average molecular weight is 320 g/mol. The zero-order valence-corrected chi connectivity index (χ0v) is 13.1. The Morgan fingerprint density at radius 2 is 2.04 bits per heavy atom. The molecule has 2 amide bonds. The van der Waals surface area contributed by atoms with Crippen molar-refractivity contribution in [3.8, 4) is 0 Å². The molecule has 2 rings (SSSR count). The summed E-state index contributed by atoms with van der Waals surface area (Å²) in [5.41, 5.74) is 0.370. The van der Waals surface area contributed by atoms with Gasteiger partial charge in [-0.25, -0.2) is 4.39 Å². The highest BCUT2D eigenvalue weighted by Gasteiger charge is 2.22. The SMILES string of the molecule is C=CC(=O)Nc1cc(NC(=O)C(C)OC2CCCC2)ccc1F. The van der Waals surface area contributed by atoms with Crippen LogP contribution >= 0.6 is 0 Å². The van der Waals surface area contributed by atoms with Gasteiger partial charge in [-0.15, -0.1) is 0 Å². The lowest BCUT2D eigenvalue weighted by molar-refractivity contribution is -0.129. The van der Waals surface area contributed by atoms with Crippen LogP contribution in [0.4, 0.5) is 15.8 Å². The third kappa shape index (κ3) is 4.89. The van der Waals surface area contributed by atoms with Crippen LogP contribution in [0.1, 0.15) is 32.6 Å². The van der Waals surface area contributed by atoms with E-state index in [1.165, 1.54) is 18.2 Å². The zero-order valence-electron chi connectivity index (χ0n) is 13.1. The van der Waals surface area contributed by atoms with Gasteiger partial charge in [0.2, 0.25) is 5.91 Å². The molecule has 5 nitrogen and oxygen atoms in total. The van der Waals surface area contributed by atoms with Gasteiger partial charge in [-0.2, -0.15) is 0 Å². The lowest BCUT2D eigenvalue weighted by atomic mass is 10.2. The van der Waals surface area contributed by atoms with E-state index in [2.05, 4.69) is 17.2 Å². The Kier molecular flexibility index (Phi) is 5.87. The second-order valence-electron chi connectivity index (χ2n) is 5.56. The maximum Gasteiger partial charge on any atom is 0.253 e. The van der Waals surface area contributed by atoms with E-state index in [0.717, 1.165) is 31.8 Å². The summed E-state index contributed by atoms with van der Waals surface area (Å²) >= 11 is 0. The highest BCUT2D eigenvalue weighted by atomic mass is 19.1. The molecule has 0 spiro atoms. The van der Waals surface area contributed by atoms with Crippen molar-refractivity contribution < 1.29 is 18.7 Å². The topological polar surface area (TPSA) is 67.4 Å². The standard InChI is InChI=1S/C17H21FN2O3/c1-3-16(21)20-15-10-12(8-9-14(15)18)19-17(22)11(2)23-13-6-4-5-7-13/h3,8-11,13H,1,4-7H2,2H3,(H,19,22)(H,20,21). The van der Waals surface area contributed by atoms with E-state index in [-0.39, 0.29) is 17.7 Å². The Bertz CT molecular complexity index is 598. The molecule has 0 heterocycles. The summed E-state index contributed by atoms with van der Waals surface area (Å²) in [6.07, 6.45) is 4.80. The van der Waals surface area contributed by atoms with Crippen LogP contribution in [0.15, 0.2) is 30.9 Å². The smallest absolute Gasteiger partial charge is 0.253 e. The maximum atomic E-state index is 13.6. The molecule has 1 aromatic carbocycles. The van der Waals surface area contributed by atoms with E-state index >= 15 is 0 Å². The molecule has 23 heavy (non-hydrogen) atoms. The quantitative estimate of drug-likeness (QED) is 0.791. The Morgan fingerprint density at radius 3 is 2.70 bits per heavy atom. The molecule has 0 aromatic heterocycles. The van der Waals surface area contributed by atoms with Gasteiger partial charge in [-0.05, 0) is 44.0 Å². The predicted octanol–water partition coefficient (Wildman–Crippen LogP) is 3.24. The highest BCUT2D eigenvalue weighted by molar-refractivity contribution is 6.00. The summed E-state index contributed by atoms with van der Waals surface area (Å²) in [4.78, 5) is 23.4. The minimum atomic E-state index is -0.589. The van der Waals surface area contributed by atoms with E-state index in [9.17, 15) is 14.0 Å². The molecule has 0 aliphatic heterocycles. The molecule has 1 unspecified atom stereocenters. The van der Waals surface area contributed by atoms with E-state index < -0.39 is 17.8 Å². The predicted molar refractivity (Wildman–Crippen MR) is 86.7 cm³/mol. The van der Waals surface area contributed by atoms with E-state index in [4.69, 9.17) is 4.74 Å².